The van der Waals surface area contributed by atoms with E-state index in [2.05, 4.69) is 10.1 Å². The molecule has 0 saturated carbocycles. The van der Waals surface area contributed by atoms with E-state index >= 15 is 0 Å². The molecule has 0 amide bonds. The Morgan fingerprint density at radius 3 is 2.27 bits per heavy atom. The van der Waals surface area contributed by atoms with Crippen LogP contribution < -0.4 is 10.1 Å². The number of rotatable bonds is 8. The van der Waals surface area contributed by atoms with Crippen LogP contribution in [0.25, 0.3) is 0 Å². The van der Waals surface area contributed by atoms with Gasteiger partial charge in [-0.3, -0.25) is 0 Å². The Morgan fingerprint density at radius 1 is 1.10 bits per heavy atom. The fourth-order valence-corrected chi connectivity index (χ4v) is 3.29. The molecular formula is C22H27F2NO5. The lowest BCUT2D eigenvalue weighted by molar-refractivity contribution is -0.140. The van der Waals surface area contributed by atoms with Crippen LogP contribution in [0.3, 0.4) is 0 Å². The van der Waals surface area contributed by atoms with Crippen molar-refractivity contribution in [2.75, 3.05) is 13.7 Å². The molecule has 0 bridgehead atoms. The Morgan fingerprint density at radius 2 is 1.70 bits per heavy atom. The highest BCUT2D eigenvalue weighted by molar-refractivity contribution is 6.00. The third-order valence-corrected chi connectivity index (χ3v) is 5.03. The van der Waals surface area contributed by atoms with Gasteiger partial charge in [0.1, 0.15) is 5.75 Å². The molecule has 8 heteroatoms. The highest BCUT2D eigenvalue weighted by Gasteiger charge is 2.39. The number of benzene rings is 1. The Hall–Kier alpha value is -2.90. The van der Waals surface area contributed by atoms with Gasteiger partial charge in [-0.05, 0) is 25.8 Å². The van der Waals surface area contributed by atoms with E-state index in [9.17, 15) is 18.4 Å². The van der Waals surface area contributed by atoms with Gasteiger partial charge in [0.2, 0.25) is 0 Å². The second kappa shape index (κ2) is 10.2. The molecule has 0 aliphatic carbocycles. The minimum Gasteiger partial charge on any atom is -0.466 e. The Labute approximate surface area is 174 Å². The van der Waals surface area contributed by atoms with Crippen LogP contribution in [0.15, 0.2) is 46.8 Å². The van der Waals surface area contributed by atoms with E-state index in [1.165, 1.54) is 19.2 Å². The average molecular weight is 423 g/mol. The predicted octanol–water partition coefficient (Wildman–Crippen LogP) is 4.29. The normalized spacial score (nSPS) is 17.5. The van der Waals surface area contributed by atoms with Gasteiger partial charge in [-0.25, -0.2) is 9.59 Å². The number of esters is 2. The summed E-state index contributed by atoms with van der Waals surface area (Å²) in [5.41, 5.74) is 1.44. The molecular weight excluding hydrogens is 396 g/mol. The van der Waals surface area contributed by atoms with Gasteiger partial charge in [0, 0.05) is 17.0 Å². The molecule has 2 rings (SSSR count). The van der Waals surface area contributed by atoms with E-state index in [1.54, 1.807) is 26.0 Å². The SMILES string of the molecule is CC[C@H](C)COC(=O)C1=C(C)NC(C)=C(C(=O)OC)[C@@H]1c1ccccc1OC(F)F. The third kappa shape index (κ3) is 5.17. The molecule has 1 N–H and O–H groups in total. The van der Waals surface area contributed by atoms with Gasteiger partial charge in [-0.2, -0.15) is 8.78 Å². The minimum absolute atomic E-state index is 0.129. The van der Waals surface area contributed by atoms with Crippen LogP contribution in [0, 0.1) is 5.92 Å². The Balaban J connectivity index is 2.61. The second-order valence-electron chi connectivity index (χ2n) is 7.16. The van der Waals surface area contributed by atoms with E-state index in [4.69, 9.17) is 9.47 Å². The summed E-state index contributed by atoms with van der Waals surface area (Å²) in [4.78, 5) is 25.6. The van der Waals surface area contributed by atoms with Gasteiger partial charge in [0.05, 0.1) is 30.8 Å². The van der Waals surface area contributed by atoms with E-state index in [1.807, 2.05) is 13.8 Å². The summed E-state index contributed by atoms with van der Waals surface area (Å²) in [5.74, 6) is -2.29. The third-order valence-electron chi connectivity index (χ3n) is 5.03. The van der Waals surface area contributed by atoms with Gasteiger partial charge < -0.3 is 19.5 Å². The van der Waals surface area contributed by atoms with Crippen LogP contribution in [0.5, 0.6) is 5.75 Å². The van der Waals surface area contributed by atoms with Crippen molar-refractivity contribution >= 4 is 11.9 Å². The molecule has 0 radical (unpaired) electrons. The number of halogens is 2. The van der Waals surface area contributed by atoms with Gasteiger partial charge in [-0.15, -0.1) is 0 Å². The fraction of sp³-hybridized carbons (Fsp3) is 0.455. The molecule has 0 unspecified atom stereocenters. The van der Waals surface area contributed by atoms with Gasteiger partial charge >= 0.3 is 18.6 Å². The standard InChI is InChI=1S/C22H27F2NO5/c1-6-12(2)11-29-21(27)18-14(4)25-13(3)17(20(26)28-5)19(18)15-9-7-8-10-16(15)30-22(23)24/h7-10,12,19,22,25H,6,11H2,1-5H3/t12-,19-/m0/s1. The van der Waals surface area contributed by atoms with Crippen LogP contribution in [0.1, 0.15) is 45.6 Å². The molecule has 1 aromatic rings. The van der Waals surface area contributed by atoms with E-state index in [0.29, 0.717) is 11.4 Å². The van der Waals surface area contributed by atoms with Crippen molar-refractivity contribution in [2.45, 2.75) is 46.6 Å². The number of hydrogen-bond donors (Lipinski definition) is 1. The highest BCUT2D eigenvalue weighted by atomic mass is 19.3. The molecule has 0 fully saturated rings. The molecule has 0 aromatic heterocycles. The number of ether oxygens (including phenoxy) is 3. The molecule has 1 aliphatic rings. The van der Waals surface area contributed by atoms with Crippen LogP contribution >= 0.6 is 0 Å². The lowest BCUT2D eigenvalue weighted by atomic mass is 9.80. The van der Waals surface area contributed by atoms with Crippen molar-refractivity contribution in [3.8, 4) is 5.75 Å². The second-order valence-corrected chi connectivity index (χ2v) is 7.16. The summed E-state index contributed by atoms with van der Waals surface area (Å²) >= 11 is 0. The summed E-state index contributed by atoms with van der Waals surface area (Å²) in [6, 6.07) is 6.07. The van der Waals surface area contributed by atoms with E-state index in [-0.39, 0.29) is 35.0 Å². The van der Waals surface area contributed by atoms with Gasteiger partial charge in [0.15, 0.2) is 0 Å². The molecule has 30 heavy (non-hydrogen) atoms. The van der Waals surface area contributed by atoms with E-state index in [0.717, 1.165) is 6.42 Å². The van der Waals surface area contributed by atoms with Crippen molar-refractivity contribution in [3.63, 3.8) is 0 Å². The van der Waals surface area contributed by atoms with Crippen molar-refractivity contribution < 1.29 is 32.6 Å². The lowest BCUT2D eigenvalue weighted by Gasteiger charge is -2.31. The topological polar surface area (TPSA) is 73.9 Å². The van der Waals surface area contributed by atoms with Crippen molar-refractivity contribution in [1.82, 2.24) is 5.32 Å². The van der Waals surface area contributed by atoms with Crippen LogP contribution in [0.4, 0.5) is 8.78 Å². The number of methoxy groups -OCH3 is 1. The van der Waals surface area contributed by atoms with Crippen LogP contribution in [0.2, 0.25) is 0 Å². The molecule has 1 heterocycles. The van der Waals surface area contributed by atoms with Crippen molar-refractivity contribution in [3.05, 3.63) is 52.4 Å². The lowest BCUT2D eigenvalue weighted by Crippen LogP contribution is -2.33. The summed E-state index contributed by atoms with van der Waals surface area (Å²) in [6.45, 7) is 4.38. The molecule has 0 saturated heterocycles. The first-order valence-electron chi connectivity index (χ1n) is 9.68. The zero-order chi connectivity index (χ0) is 22.4. The number of allylic oxidation sites excluding steroid dienone is 2. The fourth-order valence-electron chi connectivity index (χ4n) is 3.29. The summed E-state index contributed by atoms with van der Waals surface area (Å²) in [7, 11) is 1.22. The number of hydrogen-bond acceptors (Lipinski definition) is 6. The molecule has 6 nitrogen and oxygen atoms in total. The molecule has 1 aliphatic heterocycles. The van der Waals surface area contributed by atoms with Crippen molar-refractivity contribution in [1.29, 1.82) is 0 Å². The minimum atomic E-state index is -3.06. The summed E-state index contributed by atoms with van der Waals surface area (Å²) in [6.07, 6.45) is 0.824. The quantitative estimate of drug-likeness (QED) is 0.629. The zero-order valence-corrected chi connectivity index (χ0v) is 17.8. The van der Waals surface area contributed by atoms with Crippen LogP contribution in [-0.2, 0) is 19.1 Å². The number of dihydropyridines is 1. The zero-order valence-electron chi connectivity index (χ0n) is 17.8. The Bertz CT molecular complexity index is 863. The highest BCUT2D eigenvalue weighted by Crippen LogP contribution is 2.43. The summed E-state index contributed by atoms with van der Waals surface area (Å²) in [5, 5.41) is 3.01. The largest absolute Gasteiger partial charge is 0.466 e. The number of carbonyl (C=O) groups is 2. The molecule has 164 valence electrons. The maximum absolute atomic E-state index is 13.0. The predicted molar refractivity (Wildman–Crippen MR) is 107 cm³/mol. The average Bonchev–Trinajstić information content (AvgIpc) is 2.70. The first-order chi connectivity index (χ1) is 14.2. The number of nitrogens with one attached hydrogen (secondary N) is 1. The first-order valence-corrected chi connectivity index (χ1v) is 9.68. The maximum Gasteiger partial charge on any atom is 0.387 e. The summed E-state index contributed by atoms with van der Waals surface area (Å²) < 4.78 is 41.1. The number of carbonyl (C=O) groups excluding carboxylic acids is 2. The van der Waals surface area contributed by atoms with Crippen molar-refractivity contribution in [2.24, 2.45) is 5.92 Å². The maximum atomic E-state index is 13.0. The first kappa shape index (κ1) is 23.4. The molecule has 0 spiro atoms. The smallest absolute Gasteiger partial charge is 0.387 e. The Kier molecular flexibility index (Phi) is 7.97. The van der Waals surface area contributed by atoms with Crippen LogP contribution in [-0.4, -0.2) is 32.3 Å². The molecule has 2 atom stereocenters. The number of para-hydroxylation sites is 1. The number of alkyl halides is 2. The van der Waals surface area contributed by atoms with Gasteiger partial charge in [0.25, 0.3) is 0 Å². The monoisotopic (exact) mass is 423 g/mol. The van der Waals surface area contributed by atoms with Gasteiger partial charge in [-0.1, -0.05) is 38.5 Å². The van der Waals surface area contributed by atoms with E-state index < -0.39 is 24.5 Å². The molecule has 1 aromatic carbocycles.